The summed E-state index contributed by atoms with van der Waals surface area (Å²) in [5.41, 5.74) is 0. The molecule has 0 aromatic carbocycles. The van der Waals surface area contributed by atoms with E-state index >= 15 is 0 Å². The summed E-state index contributed by atoms with van der Waals surface area (Å²) in [5.74, 6) is 0.630. The van der Waals surface area contributed by atoms with Crippen LogP contribution in [-0.4, -0.2) is 34.4 Å². The van der Waals surface area contributed by atoms with Crippen LogP contribution in [0, 0.1) is 5.92 Å². The van der Waals surface area contributed by atoms with Crippen LogP contribution in [0.2, 0.25) is 0 Å². The molecule has 1 saturated heterocycles. The van der Waals surface area contributed by atoms with Crippen LogP contribution in [0.25, 0.3) is 0 Å². The van der Waals surface area contributed by atoms with Gasteiger partial charge in [0.2, 0.25) is 0 Å². The van der Waals surface area contributed by atoms with Gasteiger partial charge in [-0.05, 0) is 31.8 Å². The fourth-order valence-corrected chi connectivity index (χ4v) is 3.78. The lowest BCUT2D eigenvalue weighted by Crippen LogP contribution is -2.43. The van der Waals surface area contributed by atoms with Gasteiger partial charge in [0.05, 0.1) is 0 Å². The fraction of sp³-hybridized carbons (Fsp3) is 0.917. The van der Waals surface area contributed by atoms with Crippen molar-refractivity contribution in [1.29, 1.82) is 0 Å². The Hall–Kier alpha value is -0.0200. The Bertz CT molecular complexity index is 212. The van der Waals surface area contributed by atoms with Crippen LogP contribution < -0.4 is 0 Å². The van der Waals surface area contributed by atoms with Crippen molar-refractivity contribution in [2.45, 2.75) is 51.8 Å². The monoisotopic (exact) mass is 229 g/mol. The zero-order chi connectivity index (χ0) is 11.4. The highest BCUT2D eigenvalue weighted by molar-refractivity contribution is 8.14. The number of carbonyl (C=O) groups excluding carboxylic acids is 1. The molecule has 15 heavy (non-hydrogen) atoms. The largest absolute Gasteiger partial charge is 0.299 e. The van der Waals surface area contributed by atoms with Gasteiger partial charge >= 0.3 is 0 Å². The molecule has 2 nitrogen and oxygen atoms in total. The van der Waals surface area contributed by atoms with E-state index in [0.29, 0.717) is 17.2 Å². The summed E-state index contributed by atoms with van der Waals surface area (Å²) in [4.78, 5) is 13.7. The Morgan fingerprint density at radius 3 is 2.13 bits per heavy atom. The Balaban J connectivity index is 2.59. The predicted molar refractivity (Wildman–Crippen MR) is 67.2 cm³/mol. The highest BCUT2D eigenvalue weighted by Gasteiger charge is 2.30. The maximum Gasteiger partial charge on any atom is 0.186 e. The highest BCUT2D eigenvalue weighted by atomic mass is 32.2. The van der Waals surface area contributed by atoms with Crippen molar-refractivity contribution in [2.24, 2.45) is 5.92 Å². The van der Waals surface area contributed by atoms with Crippen molar-refractivity contribution >= 4 is 16.9 Å². The van der Waals surface area contributed by atoms with E-state index in [1.807, 2.05) is 0 Å². The number of hydrogen-bond acceptors (Lipinski definition) is 3. The Labute approximate surface area is 97.8 Å². The molecule has 1 aliphatic rings. The van der Waals surface area contributed by atoms with Crippen LogP contribution in [-0.2, 0) is 4.79 Å². The quantitative estimate of drug-likeness (QED) is 0.739. The molecule has 0 aliphatic carbocycles. The molecule has 0 unspecified atom stereocenters. The molecule has 0 amide bonds. The third kappa shape index (κ3) is 3.80. The Morgan fingerprint density at radius 2 is 1.73 bits per heavy atom. The van der Waals surface area contributed by atoms with Gasteiger partial charge in [0.1, 0.15) is 0 Å². The van der Waals surface area contributed by atoms with E-state index in [-0.39, 0.29) is 5.12 Å². The molecule has 3 heteroatoms. The van der Waals surface area contributed by atoms with Gasteiger partial charge in [-0.2, -0.15) is 0 Å². The number of likely N-dealkylation sites (tertiary alicyclic amines) is 1. The van der Waals surface area contributed by atoms with Gasteiger partial charge in [-0.1, -0.05) is 32.5 Å². The molecular formula is C12H23NOS. The van der Waals surface area contributed by atoms with Gasteiger partial charge in [-0.25, -0.2) is 0 Å². The summed E-state index contributed by atoms with van der Waals surface area (Å²) >= 11 is 1.50. The molecule has 0 spiro atoms. The summed E-state index contributed by atoms with van der Waals surface area (Å²) in [7, 11) is 0. The molecule has 2 atom stereocenters. The van der Waals surface area contributed by atoms with Crippen molar-refractivity contribution in [3.8, 4) is 0 Å². The van der Waals surface area contributed by atoms with Crippen molar-refractivity contribution in [3.63, 3.8) is 0 Å². The van der Waals surface area contributed by atoms with Crippen LogP contribution in [0.5, 0.6) is 0 Å². The molecule has 88 valence electrons. The maximum absolute atomic E-state index is 11.1. The van der Waals surface area contributed by atoms with Crippen molar-refractivity contribution in [1.82, 2.24) is 4.90 Å². The molecule has 0 aromatic rings. The average Bonchev–Trinajstić information content (AvgIpc) is 2.54. The Morgan fingerprint density at radius 1 is 1.20 bits per heavy atom. The molecule has 1 heterocycles. The summed E-state index contributed by atoms with van der Waals surface area (Å²) in [6.45, 7) is 10.8. The van der Waals surface area contributed by atoms with Crippen molar-refractivity contribution in [2.75, 3.05) is 13.1 Å². The first-order chi connectivity index (χ1) is 7.02. The second kappa shape index (κ2) is 5.90. The molecule has 0 N–H and O–H groups in total. The van der Waals surface area contributed by atoms with Gasteiger partial charge in [0.25, 0.3) is 0 Å². The van der Waals surface area contributed by atoms with Gasteiger partial charge in [-0.15, -0.1) is 0 Å². The number of nitrogens with zero attached hydrogens (tertiary/aromatic N) is 1. The molecule has 0 saturated carbocycles. The topological polar surface area (TPSA) is 20.3 Å². The highest BCUT2D eigenvalue weighted by Crippen LogP contribution is 2.27. The third-order valence-electron chi connectivity index (χ3n) is 3.08. The molecule has 1 fully saturated rings. The average molecular weight is 229 g/mol. The second-order valence-corrected chi connectivity index (χ2v) is 6.35. The molecule has 0 radical (unpaired) electrons. The van der Waals surface area contributed by atoms with Gasteiger partial charge in [0.15, 0.2) is 5.12 Å². The number of rotatable bonds is 4. The smallest absolute Gasteiger partial charge is 0.186 e. The summed E-state index contributed by atoms with van der Waals surface area (Å²) in [5, 5.41) is 0.660. The minimum Gasteiger partial charge on any atom is -0.299 e. The number of hydrogen-bond donors (Lipinski definition) is 0. The first kappa shape index (κ1) is 13.0. The van der Waals surface area contributed by atoms with Crippen LogP contribution in [0.4, 0.5) is 0 Å². The molecule has 0 bridgehead atoms. The standard InChI is InChI=1S/C12H23NOS/c1-9(2)12(10(3)15-11(4)14)13-7-5-6-8-13/h9-10,12H,5-8H2,1-4H3/t10-,12+/m1/s1. The minimum atomic E-state index is 0.243. The van der Waals surface area contributed by atoms with Gasteiger partial charge < -0.3 is 0 Å². The maximum atomic E-state index is 11.1. The van der Waals surface area contributed by atoms with E-state index in [9.17, 15) is 4.79 Å². The molecule has 1 rings (SSSR count). The summed E-state index contributed by atoms with van der Waals surface area (Å²) in [6.07, 6.45) is 2.64. The van der Waals surface area contributed by atoms with Crippen molar-refractivity contribution in [3.05, 3.63) is 0 Å². The van der Waals surface area contributed by atoms with Crippen LogP contribution in [0.15, 0.2) is 0 Å². The number of thioether (sulfide) groups is 1. The third-order valence-corrected chi connectivity index (χ3v) is 4.06. The Kier molecular flexibility index (Phi) is 5.13. The lowest BCUT2D eigenvalue weighted by atomic mass is 10.00. The first-order valence-corrected chi connectivity index (χ1v) is 6.81. The van der Waals surface area contributed by atoms with Gasteiger partial charge in [0, 0.05) is 18.2 Å². The first-order valence-electron chi connectivity index (χ1n) is 5.93. The predicted octanol–water partition coefficient (Wildman–Crippen LogP) is 2.78. The van der Waals surface area contributed by atoms with E-state index in [0.717, 1.165) is 0 Å². The van der Waals surface area contributed by atoms with E-state index in [2.05, 4.69) is 25.7 Å². The molecule has 1 aliphatic heterocycles. The fourth-order valence-electron chi connectivity index (χ4n) is 2.63. The zero-order valence-corrected chi connectivity index (χ0v) is 11.1. The van der Waals surface area contributed by atoms with E-state index in [4.69, 9.17) is 0 Å². The normalized spacial score (nSPS) is 21.9. The minimum absolute atomic E-state index is 0.243. The second-order valence-electron chi connectivity index (χ2n) is 4.79. The molecular weight excluding hydrogens is 206 g/mol. The zero-order valence-electron chi connectivity index (χ0n) is 10.3. The lowest BCUT2D eigenvalue weighted by molar-refractivity contribution is -0.109. The van der Waals surface area contributed by atoms with E-state index in [1.165, 1.54) is 37.7 Å². The lowest BCUT2D eigenvalue weighted by Gasteiger charge is -2.34. The van der Waals surface area contributed by atoms with Crippen molar-refractivity contribution < 1.29 is 4.79 Å². The van der Waals surface area contributed by atoms with E-state index < -0.39 is 0 Å². The molecule has 0 aromatic heterocycles. The van der Waals surface area contributed by atoms with Crippen LogP contribution in [0.3, 0.4) is 0 Å². The van der Waals surface area contributed by atoms with E-state index in [1.54, 1.807) is 6.92 Å². The van der Waals surface area contributed by atoms with Gasteiger partial charge in [-0.3, -0.25) is 9.69 Å². The van der Waals surface area contributed by atoms with Crippen LogP contribution in [0.1, 0.15) is 40.5 Å². The SMILES string of the molecule is CC(=O)S[C@H](C)[C@H](C(C)C)N1CCCC1. The summed E-state index contributed by atoms with van der Waals surface area (Å²) < 4.78 is 0. The summed E-state index contributed by atoms with van der Waals surface area (Å²) in [6, 6.07) is 0.557. The van der Waals surface area contributed by atoms with Crippen LogP contribution >= 0.6 is 11.8 Å². The number of carbonyl (C=O) groups is 1.